The first-order chi connectivity index (χ1) is 17.0. The monoisotopic (exact) mass is 475 g/mol. The van der Waals surface area contributed by atoms with Crippen LogP contribution in [0.1, 0.15) is 5.56 Å². The number of urea groups is 1. The molecule has 9 heteroatoms. The number of rotatable bonds is 5. The van der Waals surface area contributed by atoms with Gasteiger partial charge >= 0.3 is 6.03 Å². The van der Waals surface area contributed by atoms with Crippen molar-refractivity contribution in [1.82, 2.24) is 4.98 Å². The lowest BCUT2D eigenvalue weighted by Gasteiger charge is -2.23. The fourth-order valence-corrected chi connectivity index (χ4v) is 3.75. The molecule has 0 saturated carbocycles. The number of hydrogen-bond donors (Lipinski definition) is 2. The van der Waals surface area contributed by atoms with Gasteiger partial charge < -0.3 is 29.6 Å². The molecule has 2 N–H and O–H groups in total. The standard InChI is InChI=1S/C26H22FN3O5/c1-15-3-8-19(18(27)13-15)30-26(31)29-16-4-6-17(7-5-16)35-21-9-10-28-20-14-22(32-2)24-25(23(20)21)34-12-11-33-24/h3-10,13-14H,11-12H2,1-2H3,(H2,29,30,31). The molecule has 2 amide bonds. The number of methoxy groups -OCH3 is 1. The number of nitrogens with zero attached hydrogens (tertiary/aromatic N) is 1. The average molecular weight is 475 g/mol. The summed E-state index contributed by atoms with van der Waals surface area (Å²) in [5.41, 5.74) is 2.02. The molecule has 0 unspecified atom stereocenters. The number of nitrogens with one attached hydrogen (secondary N) is 2. The van der Waals surface area contributed by atoms with Crippen molar-refractivity contribution in [1.29, 1.82) is 0 Å². The summed E-state index contributed by atoms with van der Waals surface area (Å²) >= 11 is 0. The maximum atomic E-state index is 14.0. The first-order valence-electron chi connectivity index (χ1n) is 10.9. The van der Waals surface area contributed by atoms with Gasteiger partial charge in [-0.2, -0.15) is 0 Å². The second-order valence-electron chi connectivity index (χ2n) is 7.83. The molecule has 35 heavy (non-hydrogen) atoms. The van der Waals surface area contributed by atoms with Crippen LogP contribution in [0.3, 0.4) is 0 Å². The average Bonchev–Trinajstić information content (AvgIpc) is 2.86. The molecule has 0 saturated heterocycles. The first-order valence-corrected chi connectivity index (χ1v) is 10.9. The number of carbonyl (C=O) groups is 1. The molecule has 2 heterocycles. The van der Waals surface area contributed by atoms with Crippen LogP contribution in [0, 0.1) is 12.7 Å². The highest BCUT2D eigenvalue weighted by atomic mass is 19.1. The fraction of sp³-hybridized carbons (Fsp3) is 0.154. The van der Waals surface area contributed by atoms with Gasteiger partial charge in [0.05, 0.1) is 23.7 Å². The molecule has 0 atom stereocenters. The van der Waals surface area contributed by atoms with E-state index in [1.165, 1.54) is 12.1 Å². The third-order valence-corrected chi connectivity index (χ3v) is 5.38. The third-order valence-electron chi connectivity index (χ3n) is 5.38. The van der Waals surface area contributed by atoms with Crippen molar-refractivity contribution in [2.24, 2.45) is 0 Å². The minimum Gasteiger partial charge on any atom is -0.493 e. The van der Waals surface area contributed by atoms with E-state index in [0.717, 1.165) is 5.56 Å². The molecule has 5 rings (SSSR count). The smallest absolute Gasteiger partial charge is 0.323 e. The van der Waals surface area contributed by atoms with Crippen molar-refractivity contribution in [3.05, 3.63) is 72.2 Å². The van der Waals surface area contributed by atoms with Gasteiger partial charge in [0.15, 0.2) is 11.5 Å². The molecule has 0 spiro atoms. The summed E-state index contributed by atoms with van der Waals surface area (Å²) in [5, 5.41) is 5.84. The Balaban J connectivity index is 1.34. The molecular weight excluding hydrogens is 453 g/mol. The highest BCUT2D eigenvalue weighted by Crippen LogP contribution is 2.48. The topological polar surface area (TPSA) is 90.9 Å². The number of halogens is 1. The quantitative estimate of drug-likeness (QED) is 0.374. The number of hydrogen-bond acceptors (Lipinski definition) is 6. The van der Waals surface area contributed by atoms with Crippen molar-refractivity contribution < 1.29 is 28.1 Å². The summed E-state index contributed by atoms with van der Waals surface area (Å²) in [7, 11) is 1.56. The van der Waals surface area contributed by atoms with Crippen LogP contribution < -0.4 is 29.6 Å². The molecule has 4 aromatic rings. The van der Waals surface area contributed by atoms with Gasteiger partial charge in [0, 0.05) is 18.0 Å². The van der Waals surface area contributed by atoms with Gasteiger partial charge in [-0.1, -0.05) is 6.07 Å². The summed E-state index contributed by atoms with van der Waals surface area (Å²) in [6, 6.07) is 14.3. The van der Waals surface area contributed by atoms with Gasteiger partial charge in [0.2, 0.25) is 5.75 Å². The molecular formula is C26H22FN3O5. The zero-order valence-corrected chi connectivity index (χ0v) is 19.1. The van der Waals surface area contributed by atoms with E-state index in [1.807, 2.05) is 0 Å². The number of ether oxygens (including phenoxy) is 4. The van der Waals surface area contributed by atoms with Crippen molar-refractivity contribution in [3.8, 4) is 28.7 Å². The van der Waals surface area contributed by atoms with Crippen LogP contribution >= 0.6 is 0 Å². The number of fused-ring (bicyclic) bond motifs is 3. The van der Waals surface area contributed by atoms with E-state index in [4.69, 9.17) is 18.9 Å². The summed E-state index contributed by atoms with van der Waals surface area (Å²) in [4.78, 5) is 16.7. The molecule has 0 radical (unpaired) electrons. The first kappa shape index (κ1) is 22.3. The van der Waals surface area contributed by atoms with Crippen molar-refractivity contribution in [2.75, 3.05) is 31.0 Å². The molecule has 0 aliphatic carbocycles. The Kier molecular flexibility index (Phi) is 5.97. The minimum atomic E-state index is -0.556. The lowest BCUT2D eigenvalue weighted by Crippen LogP contribution is -2.20. The summed E-state index contributed by atoms with van der Waals surface area (Å²) < 4.78 is 37.2. The van der Waals surface area contributed by atoms with Crippen LogP contribution in [-0.2, 0) is 0 Å². The number of amides is 2. The lowest BCUT2D eigenvalue weighted by atomic mass is 10.1. The Hall–Kier alpha value is -4.53. The highest BCUT2D eigenvalue weighted by Gasteiger charge is 2.24. The molecule has 0 bridgehead atoms. The van der Waals surface area contributed by atoms with Gasteiger partial charge in [-0.15, -0.1) is 0 Å². The fourth-order valence-electron chi connectivity index (χ4n) is 3.75. The summed E-state index contributed by atoms with van der Waals surface area (Å²) in [5.74, 6) is 2.15. The molecule has 178 valence electrons. The largest absolute Gasteiger partial charge is 0.493 e. The summed E-state index contributed by atoms with van der Waals surface area (Å²) in [6.45, 7) is 2.60. The molecule has 1 aliphatic heterocycles. The number of aromatic nitrogens is 1. The van der Waals surface area contributed by atoms with Crippen LogP contribution in [-0.4, -0.2) is 31.3 Å². The molecule has 1 aromatic heterocycles. The van der Waals surface area contributed by atoms with Crippen molar-refractivity contribution in [2.45, 2.75) is 6.92 Å². The van der Waals surface area contributed by atoms with Crippen LogP contribution in [0.5, 0.6) is 28.7 Å². The Morgan fingerprint density at radius 1 is 0.971 bits per heavy atom. The van der Waals surface area contributed by atoms with E-state index >= 15 is 0 Å². The Morgan fingerprint density at radius 2 is 1.74 bits per heavy atom. The van der Waals surface area contributed by atoms with E-state index in [2.05, 4.69) is 15.6 Å². The van der Waals surface area contributed by atoms with Crippen LogP contribution in [0.25, 0.3) is 10.9 Å². The third kappa shape index (κ3) is 4.61. The minimum absolute atomic E-state index is 0.101. The predicted molar refractivity (Wildman–Crippen MR) is 130 cm³/mol. The van der Waals surface area contributed by atoms with E-state index in [9.17, 15) is 9.18 Å². The Bertz CT molecular complexity index is 1410. The van der Waals surface area contributed by atoms with Gasteiger partial charge in [0.25, 0.3) is 0 Å². The number of benzene rings is 3. The molecule has 1 aliphatic rings. The van der Waals surface area contributed by atoms with Gasteiger partial charge in [-0.25, -0.2) is 9.18 Å². The normalized spacial score (nSPS) is 12.2. The zero-order chi connectivity index (χ0) is 24.4. The maximum Gasteiger partial charge on any atom is 0.323 e. The van der Waals surface area contributed by atoms with Gasteiger partial charge in [0.1, 0.15) is 30.5 Å². The maximum absolute atomic E-state index is 14.0. The molecule has 3 aromatic carbocycles. The van der Waals surface area contributed by atoms with Crippen LogP contribution in [0.2, 0.25) is 0 Å². The van der Waals surface area contributed by atoms with E-state index in [0.29, 0.717) is 58.6 Å². The van der Waals surface area contributed by atoms with Crippen molar-refractivity contribution >= 4 is 28.3 Å². The van der Waals surface area contributed by atoms with Crippen molar-refractivity contribution in [3.63, 3.8) is 0 Å². The van der Waals surface area contributed by atoms with Gasteiger partial charge in [-0.3, -0.25) is 4.98 Å². The van der Waals surface area contributed by atoms with Crippen LogP contribution in [0.15, 0.2) is 60.8 Å². The number of anilines is 2. The van der Waals surface area contributed by atoms with E-state index in [-0.39, 0.29) is 5.69 Å². The Morgan fingerprint density at radius 3 is 2.49 bits per heavy atom. The SMILES string of the molecule is COc1cc2nccc(Oc3ccc(NC(=O)Nc4ccc(C)cc4F)cc3)c2c2c1OCCO2. The Labute approximate surface area is 200 Å². The zero-order valence-electron chi connectivity index (χ0n) is 19.1. The van der Waals surface area contributed by atoms with E-state index in [1.54, 1.807) is 62.7 Å². The van der Waals surface area contributed by atoms with E-state index < -0.39 is 11.8 Å². The number of pyridine rings is 1. The van der Waals surface area contributed by atoms with Crippen LogP contribution in [0.4, 0.5) is 20.6 Å². The highest BCUT2D eigenvalue weighted by molar-refractivity contribution is 6.00. The second kappa shape index (κ2) is 9.38. The van der Waals surface area contributed by atoms with Gasteiger partial charge in [-0.05, 0) is 55.0 Å². The second-order valence-corrected chi connectivity index (χ2v) is 7.83. The number of aryl methyl sites for hydroxylation is 1. The lowest BCUT2D eigenvalue weighted by molar-refractivity contribution is 0.167. The summed E-state index contributed by atoms with van der Waals surface area (Å²) in [6.07, 6.45) is 1.64. The predicted octanol–water partition coefficient (Wildman–Crippen LogP) is 5.90. The molecule has 0 fully saturated rings. The number of carbonyl (C=O) groups excluding carboxylic acids is 1. The molecule has 8 nitrogen and oxygen atoms in total.